The highest BCUT2D eigenvalue weighted by molar-refractivity contribution is 5.72. The van der Waals surface area contributed by atoms with Crippen molar-refractivity contribution >= 4 is 0 Å². The summed E-state index contributed by atoms with van der Waals surface area (Å²) in [5.41, 5.74) is 4.23. The van der Waals surface area contributed by atoms with Crippen molar-refractivity contribution in [1.82, 2.24) is 5.32 Å². The van der Waals surface area contributed by atoms with E-state index in [0.717, 1.165) is 33.0 Å². The summed E-state index contributed by atoms with van der Waals surface area (Å²) >= 11 is 5.16. The van der Waals surface area contributed by atoms with Crippen LogP contribution in [0.25, 0.3) is 11.1 Å². The van der Waals surface area contributed by atoms with Crippen molar-refractivity contribution in [3.05, 3.63) is 88.7 Å². The molecule has 0 spiro atoms. The summed E-state index contributed by atoms with van der Waals surface area (Å²) in [4.78, 5) is 0. The zero-order valence-corrected chi connectivity index (χ0v) is 14.8. The molecule has 2 nitrogen and oxygen atoms in total. The number of halogens is 2. The van der Waals surface area contributed by atoms with Crippen molar-refractivity contribution in [2.24, 2.45) is 0 Å². The highest BCUT2D eigenvalue weighted by Crippen LogP contribution is 2.33. The Bertz CT molecular complexity index is 832. The van der Waals surface area contributed by atoms with Gasteiger partial charge in [0.2, 0.25) is 5.02 Å². The summed E-state index contributed by atoms with van der Waals surface area (Å²) in [6.07, 6.45) is 0. The average molecular weight is 357 g/mol. The fourth-order valence-corrected chi connectivity index (χ4v) is 2.91. The summed E-state index contributed by atoms with van der Waals surface area (Å²) in [6, 6.07) is 20.5. The third-order valence-corrected chi connectivity index (χ3v) is 4.30. The second kappa shape index (κ2) is 8.15. The molecule has 0 heterocycles. The highest BCUT2D eigenvalue weighted by Gasteiger charge is 2.11. The molecule has 0 unspecified atom stereocenters. The first-order chi connectivity index (χ1) is 12.2. The first kappa shape index (κ1) is 17.5. The van der Waals surface area contributed by atoms with E-state index in [1.807, 2.05) is 42.5 Å². The van der Waals surface area contributed by atoms with Gasteiger partial charge in [-0.2, -0.15) is 0 Å². The maximum Gasteiger partial charge on any atom is 0.225 e. The third kappa shape index (κ3) is 4.38. The Morgan fingerprint density at radius 1 is 0.920 bits per heavy atom. The summed E-state index contributed by atoms with van der Waals surface area (Å²) < 4.78 is 18.6. The van der Waals surface area contributed by atoms with E-state index in [1.165, 1.54) is 12.1 Å². The molecule has 0 aliphatic carbocycles. The number of nitrogens with one attached hydrogen (secondary N) is 1. The molecular weight excluding hydrogens is 337 g/mol. The van der Waals surface area contributed by atoms with Gasteiger partial charge in [-0.05, 0) is 35.4 Å². The van der Waals surface area contributed by atoms with E-state index in [4.69, 9.17) is 16.3 Å². The quantitative estimate of drug-likeness (QED) is 0.702. The SMILES string of the molecule is COc1c(CNCc2ccc(F)cc2)cccc1-c1ccc([ClH+])cc1. The largest absolute Gasteiger partial charge is 0.496 e. The van der Waals surface area contributed by atoms with Gasteiger partial charge in [-0.15, -0.1) is 0 Å². The van der Waals surface area contributed by atoms with E-state index in [-0.39, 0.29) is 5.82 Å². The zero-order valence-electron chi connectivity index (χ0n) is 14.0. The van der Waals surface area contributed by atoms with Crippen LogP contribution in [0.3, 0.4) is 0 Å². The Hall–Kier alpha value is -2.36. The number of ether oxygens (including phenoxy) is 1. The van der Waals surface area contributed by atoms with Crippen LogP contribution in [0.4, 0.5) is 4.39 Å². The lowest BCUT2D eigenvalue weighted by molar-refractivity contribution is -0.288. The van der Waals surface area contributed by atoms with Crippen LogP contribution in [-0.4, -0.2) is 7.11 Å². The minimum atomic E-state index is -0.219. The molecule has 25 heavy (non-hydrogen) atoms. The van der Waals surface area contributed by atoms with Gasteiger partial charge in [-0.3, -0.25) is 0 Å². The molecule has 3 rings (SSSR count). The van der Waals surface area contributed by atoms with Crippen LogP contribution in [0.2, 0.25) is 5.02 Å². The van der Waals surface area contributed by atoms with Crippen LogP contribution in [-0.2, 0) is 13.1 Å². The molecule has 0 saturated heterocycles. The monoisotopic (exact) mass is 356 g/mol. The fraction of sp³-hybridized carbons (Fsp3) is 0.143. The lowest BCUT2D eigenvalue weighted by Crippen LogP contribution is -2.13. The topological polar surface area (TPSA) is 21.3 Å². The van der Waals surface area contributed by atoms with Crippen molar-refractivity contribution in [1.29, 1.82) is 0 Å². The van der Waals surface area contributed by atoms with Crippen molar-refractivity contribution in [3.8, 4) is 16.9 Å². The summed E-state index contributed by atoms with van der Waals surface area (Å²) in [5.74, 6) is 0.634. The average Bonchev–Trinajstić information content (AvgIpc) is 2.64. The van der Waals surface area contributed by atoms with Crippen LogP contribution in [0, 0.1) is 17.4 Å². The molecule has 0 amide bonds. The van der Waals surface area contributed by atoms with Gasteiger partial charge in [0.15, 0.2) is 11.6 Å². The van der Waals surface area contributed by atoms with Crippen LogP contribution in [0.1, 0.15) is 11.1 Å². The van der Waals surface area contributed by atoms with Gasteiger partial charge in [-0.1, -0.05) is 30.3 Å². The smallest absolute Gasteiger partial charge is 0.225 e. The number of rotatable bonds is 6. The summed E-state index contributed by atoms with van der Waals surface area (Å²) in [6.45, 7) is 1.33. The molecule has 0 aliphatic rings. The molecule has 4 heteroatoms. The maximum atomic E-state index is 13.0. The molecule has 3 aromatic rings. The number of methoxy groups -OCH3 is 1. The fourth-order valence-electron chi connectivity index (χ4n) is 2.77. The van der Waals surface area contributed by atoms with Crippen LogP contribution in [0.5, 0.6) is 5.75 Å². The molecule has 0 atom stereocenters. The minimum absolute atomic E-state index is 0.219. The lowest BCUT2D eigenvalue weighted by atomic mass is 10.0. The molecule has 0 bridgehead atoms. The molecule has 3 aromatic carbocycles. The van der Waals surface area contributed by atoms with Crippen molar-refractivity contribution in [3.63, 3.8) is 0 Å². The zero-order chi connectivity index (χ0) is 17.6. The number of benzene rings is 3. The van der Waals surface area contributed by atoms with Gasteiger partial charge in [0, 0.05) is 36.3 Å². The van der Waals surface area contributed by atoms with E-state index in [2.05, 4.69) is 5.32 Å². The van der Waals surface area contributed by atoms with Gasteiger partial charge in [-0.25, -0.2) is 4.39 Å². The Labute approximate surface area is 152 Å². The van der Waals surface area contributed by atoms with Gasteiger partial charge >= 0.3 is 0 Å². The van der Waals surface area contributed by atoms with Crippen molar-refractivity contribution in [2.75, 3.05) is 7.11 Å². The van der Waals surface area contributed by atoms with E-state index >= 15 is 0 Å². The summed E-state index contributed by atoms with van der Waals surface area (Å²) in [7, 11) is 1.68. The Kier molecular flexibility index (Phi) is 5.69. The molecule has 0 aliphatic heterocycles. The number of hydrogen-bond acceptors (Lipinski definition) is 2. The molecular formula is C21H20ClFNO+. The Morgan fingerprint density at radius 3 is 2.32 bits per heavy atom. The first-order valence-electron chi connectivity index (χ1n) is 8.06. The van der Waals surface area contributed by atoms with E-state index in [0.29, 0.717) is 13.1 Å². The minimum Gasteiger partial charge on any atom is -0.496 e. The van der Waals surface area contributed by atoms with Gasteiger partial charge < -0.3 is 10.1 Å². The van der Waals surface area contributed by atoms with Crippen molar-refractivity contribution < 1.29 is 20.7 Å². The number of para-hydroxylation sites is 1. The second-order valence-corrected chi connectivity index (χ2v) is 6.22. The van der Waals surface area contributed by atoms with Gasteiger partial charge in [0.1, 0.15) is 11.6 Å². The molecule has 0 saturated carbocycles. The Balaban J connectivity index is 1.76. The van der Waals surface area contributed by atoms with Gasteiger partial charge in [0.25, 0.3) is 0 Å². The van der Waals surface area contributed by atoms with Crippen molar-refractivity contribution in [2.45, 2.75) is 13.1 Å². The molecule has 0 fully saturated rings. The van der Waals surface area contributed by atoms with Crippen LogP contribution in [0.15, 0.2) is 66.7 Å². The van der Waals surface area contributed by atoms with E-state index in [9.17, 15) is 4.39 Å². The third-order valence-electron chi connectivity index (χ3n) is 4.02. The van der Waals surface area contributed by atoms with E-state index < -0.39 is 0 Å². The van der Waals surface area contributed by atoms with Gasteiger partial charge in [0.05, 0.1) is 7.11 Å². The normalized spacial score (nSPS) is 10.7. The highest BCUT2D eigenvalue weighted by atomic mass is 35.5. The summed E-state index contributed by atoms with van der Waals surface area (Å²) in [5, 5.41) is 4.20. The standard InChI is InChI=1S/C21H20ClFNO/c1-25-21-17(14-24-13-15-5-11-19(23)12-6-15)3-2-4-20(21)16-7-9-18(22)10-8-16/h2-12,22,24H,13-14H2,1H3/q+1. The predicted octanol–water partition coefficient (Wildman–Crippen LogP) is 4.49. The Morgan fingerprint density at radius 2 is 1.64 bits per heavy atom. The first-order valence-corrected chi connectivity index (χ1v) is 8.46. The van der Waals surface area contributed by atoms with Crippen LogP contribution < -0.4 is 10.1 Å². The molecule has 0 radical (unpaired) electrons. The lowest BCUT2D eigenvalue weighted by Gasteiger charge is -2.14. The molecule has 128 valence electrons. The second-order valence-electron chi connectivity index (χ2n) is 5.75. The van der Waals surface area contributed by atoms with Crippen LogP contribution >= 0.6 is 0 Å². The van der Waals surface area contributed by atoms with E-state index in [1.54, 1.807) is 19.2 Å². The molecule has 1 N–H and O–H groups in total. The maximum absolute atomic E-state index is 13.0. The molecule has 0 aromatic heterocycles. The number of hydrogen-bond donors (Lipinski definition) is 1. The predicted molar refractivity (Wildman–Crippen MR) is 95.9 cm³/mol.